The van der Waals surface area contributed by atoms with Gasteiger partial charge in [-0.2, -0.15) is 0 Å². The third-order valence-electron chi connectivity index (χ3n) is 3.96. The predicted octanol–water partition coefficient (Wildman–Crippen LogP) is 3.27. The van der Waals surface area contributed by atoms with Gasteiger partial charge in [-0.1, -0.05) is 25.3 Å². The van der Waals surface area contributed by atoms with Crippen molar-refractivity contribution in [3.8, 4) is 0 Å². The molecule has 0 amide bonds. The Morgan fingerprint density at radius 2 is 2.31 bits per heavy atom. The van der Waals surface area contributed by atoms with Crippen molar-refractivity contribution in [2.45, 2.75) is 64.0 Å². The van der Waals surface area contributed by atoms with E-state index < -0.39 is 0 Å². The quantitative estimate of drug-likeness (QED) is 0.729. The molecule has 0 aromatic heterocycles. The second kappa shape index (κ2) is 5.83. The van der Waals surface area contributed by atoms with Gasteiger partial charge in [0, 0.05) is 13.2 Å². The molecule has 0 radical (unpaired) electrons. The molecule has 0 spiro atoms. The Balaban J connectivity index is 2.59. The average molecular weight is 225 g/mol. The molecular formula is C14H27NO. The van der Waals surface area contributed by atoms with Gasteiger partial charge in [0.25, 0.3) is 0 Å². The van der Waals surface area contributed by atoms with E-state index in [0.29, 0.717) is 0 Å². The summed E-state index contributed by atoms with van der Waals surface area (Å²) in [6, 6.07) is 0.150. The Morgan fingerprint density at radius 3 is 2.81 bits per heavy atom. The van der Waals surface area contributed by atoms with Crippen LogP contribution in [0.25, 0.3) is 0 Å². The summed E-state index contributed by atoms with van der Waals surface area (Å²) < 4.78 is 5.79. The Hall–Kier alpha value is -0.340. The van der Waals surface area contributed by atoms with Gasteiger partial charge in [-0.15, -0.1) is 6.58 Å². The molecule has 1 saturated carbocycles. The van der Waals surface area contributed by atoms with Gasteiger partial charge >= 0.3 is 0 Å². The molecule has 94 valence electrons. The molecule has 3 atom stereocenters. The van der Waals surface area contributed by atoms with Crippen LogP contribution in [0.3, 0.4) is 0 Å². The number of rotatable bonds is 5. The molecule has 0 aliphatic heterocycles. The number of methoxy groups -OCH3 is 1. The zero-order valence-electron chi connectivity index (χ0n) is 11.1. The summed E-state index contributed by atoms with van der Waals surface area (Å²) in [5, 5.41) is 0. The largest absolute Gasteiger partial charge is 0.377 e. The minimum atomic E-state index is -0.0763. The highest BCUT2D eigenvalue weighted by Gasteiger charge is 2.39. The van der Waals surface area contributed by atoms with Crippen LogP contribution in [-0.2, 0) is 4.74 Å². The summed E-state index contributed by atoms with van der Waals surface area (Å²) in [6.07, 6.45) is 6.80. The first-order valence-electron chi connectivity index (χ1n) is 6.45. The zero-order chi connectivity index (χ0) is 12.2. The van der Waals surface area contributed by atoms with Crippen LogP contribution < -0.4 is 5.73 Å². The monoisotopic (exact) mass is 225 g/mol. The number of allylic oxidation sites excluding steroid dienone is 1. The minimum absolute atomic E-state index is 0.0763. The highest BCUT2D eigenvalue weighted by molar-refractivity contribution is 4.98. The molecule has 0 heterocycles. The van der Waals surface area contributed by atoms with E-state index in [1.807, 2.05) is 7.11 Å². The molecule has 1 aliphatic rings. The van der Waals surface area contributed by atoms with Gasteiger partial charge < -0.3 is 10.5 Å². The fraction of sp³-hybridized carbons (Fsp3) is 0.857. The van der Waals surface area contributed by atoms with Crippen LogP contribution in [0.4, 0.5) is 0 Å². The van der Waals surface area contributed by atoms with Crippen molar-refractivity contribution in [3.63, 3.8) is 0 Å². The van der Waals surface area contributed by atoms with Crippen molar-refractivity contribution in [2.24, 2.45) is 11.7 Å². The SMILES string of the molecule is C=C(C)CCC(N)C1(OC)CCCC(C)C1. The van der Waals surface area contributed by atoms with Crippen LogP contribution >= 0.6 is 0 Å². The highest BCUT2D eigenvalue weighted by atomic mass is 16.5. The third kappa shape index (κ3) is 3.33. The van der Waals surface area contributed by atoms with E-state index in [0.717, 1.165) is 31.6 Å². The van der Waals surface area contributed by atoms with E-state index in [1.165, 1.54) is 18.4 Å². The van der Waals surface area contributed by atoms with E-state index in [4.69, 9.17) is 10.5 Å². The van der Waals surface area contributed by atoms with Gasteiger partial charge in [-0.05, 0) is 38.5 Å². The molecule has 2 heteroatoms. The molecule has 1 rings (SSSR count). The second-order valence-electron chi connectivity index (χ2n) is 5.57. The van der Waals surface area contributed by atoms with Crippen LogP contribution in [0.1, 0.15) is 52.4 Å². The Morgan fingerprint density at radius 1 is 1.62 bits per heavy atom. The molecular weight excluding hydrogens is 198 g/mol. The Labute approximate surface area is 100 Å². The number of nitrogens with two attached hydrogens (primary N) is 1. The third-order valence-corrected chi connectivity index (χ3v) is 3.96. The summed E-state index contributed by atoms with van der Waals surface area (Å²) in [5.41, 5.74) is 7.48. The minimum Gasteiger partial charge on any atom is -0.377 e. The van der Waals surface area contributed by atoms with Gasteiger partial charge in [-0.3, -0.25) is 0 Å². The summed E-state index contributed by atoms with van der Waals surface area (Å²) in [7, 11) is 1.82. The first-order valence-corrected chi connectivity index (χ1v) is 6.45. The molecule has 1 fully saturated rings. The molecule has 16 heavy (non-hydrogen) atoms. The first-order chi connectivity index (χ1) is 7.50. The van der Waals surface area contributed by atoms with E-state index in [2.05, 4.69) is 20.4 Å². The molecule has 2 N–H and O–H groups in total. The van der Waals surface area contributed by atoms with Crippen molar-refractivity contribution in [3.05, 3.63) is 12.2 Å². The fourth-order valence-electron chi connectivity index (χ4n) is 2.88. The van der Waals surface area contributed by atoms with Crippen LogP contribution in [0, 0.1) is 5.92 Å². The lowest BCUT2D eigenvalue weighted by atomic mass is 9.73. The molecule has 3 unspecified atom stereocenters. The second-order valence-corrected chi connectivity index (χ2v) is 5.57. The topological polar surface area (TPSA) is 35.2 Å². The summed E-state index contributed by atoms with van der Waals surface area (Å²) in [4.78, 5) is 0. The van der Waals surface area contributed by atoms with Gasteiger partial charge in [0.15, 0.2) is 0 Å². The van der Waals surface area contributed by atoms with Crippen molar-refractivity contribution in [1.82, 2.24) is 0 Å². The van der Waals surface area contributed by atoms with Crippen LogP contribution in [0.2, 0.25) is 0 Å². The molecule has 2 nitrogen and oxygen atoms in total. The van der Waals surface area contributed by atoms with Gasteiger partial charge in [0.1, 0.15) is 0 Å². The van der Waals surface area contributed by atoms with Crippen LogP contribution in [-0.4, -0.2) is 18.8 Å². The van der Waals surface area contributed by atoms with Crippen molar-refractivity contribution in [2.75, 3.05) is 7.11 Å². The number of hydrogen-bond acceptors (Lipinski definition) is 2. The van der Waals surface area contributed by atoms with Crippen LogP contribution in [0.5, 0.6) is 0 Å². The van der Waals surface area contributed by atoms with Crippen molar-refractivity contribution < 1.29 is 4.74 Å². The van der Waals surface area contributed by atoms with E-state index >= 15 is 0 Å². The Bertz CT molecular complexity index is 239. The van der Waals surface area contributed by atoms with Gasteiger partial charge in [-0.25, -0.2) is 0 Å². The zero-order valence-corrected chi connectivity index (χ0v) is 11.1. The molecule has 0 saturated heterocycles. The molecule has 0 aromatic carbocycles. The van der Waals surface area contributed by atoms with E-state index in [1.54, 1.807) is 0 Å². The lowest BCUT2D eigenvalue weighted by Gasteiger charge is -2.43. The summed E-state index contributed by atoms with van der Waals surface area (Å²) >= 11 is 0. The molecule has 1 aliphatic carbocycles. The average Bonchev–Trinajstić information content (AvgIpc) is 2.25. The highest BCUT2D eigenvalue weighted by Crippen LogP contribution is 2.37. The van der Waals surface area contributed by atoms with E-state index in [-0.39, 0.29) is 11.6 Å². The van der Waals surface area contributed by atoms with E-state index in [9.17, 15) is 0 Å². The smallest absolute Gasteiger partial charge is 0.0831 e. The van der Waals surface area contributed by atoms with Crippen LogP contribution in [0.15, 0.2) is 12.2 Å². The fourth-order valence-corrected chi connectivity index (χ4v) is 2.88. The van der Waals surface area contributed by atoms with Gasteiger partial charge in [0.05, 0.1) is 5.60 Å². The lowest BCUT2D eigenvalue weighted by Crippen LogP contribution is -2.52. The Kier molecular flexibility index (Phi) is 5.00. The number of hydrogen-bond donors (Lipinski definition) is 1. The van der Waals surface area contributed by atoms with Crippen molar-refractivity contribution in [1.29, 1.82) is 0 Å². The maximum Gasteiger partial charge on any atom is 0.0831 e. The summed E-state index contributed by atoms with van der Waals surface area (Å²) in [6.45, 7) is 8.31. The molecule has 0 bridgehead atoms. The maximum atomic E-state index is 6.34. The van der Waals surface area contributed by atoms with Gasteiger partial charge in [0.2, 0.25) is 0 Å². The maximum absolute atomic E-state index is 6.34. The normalized spacial score (nSPS) is 32.4. The predicted molar refractivity (Wildman–Crippen MR) is 69.4 cm³/mol. The standard InChI is InChI=1S/C14H27NO/c1-11(2)7-8-13(15)14(16-4)9-5-6-12(3)10-14/h12-13H,1,5-10,15H2,2-4H3. The summed E-state index contributed by atoms with van der Waals surface area (Å²) in [5.74, 6) is 0.740. The lowest BCUT2D eigenvalue weighted by molar-refractivity contribution is -0.0721. The molecule has 0 aromatic rings. The number of ether oxygens (including phenoxy) is 1. The first kappa shape index (κ1) is 13.7. The van der Waals surface area contributed by atoms with Crippen molar-refractivity contribution >= 4 is 0 Å².